The largest absolute Gasteiger partial charge is 0.416 e. The highest BCUT2D eigenvalue weighted by Gasteiger charge is 2.45. The number of ether oxygens (including phenoxy) is 1. The topological polar surface area (TPSA) is 121 Å². The van der Waals surface area contributed by atoms with Gasteiger partial charge in [0, 0.05) is 68.6 Å². The number of hydrogen-bond donors (Lipinski definition) is 2. The summed E-state index contributed by atoms with van der Waals surface area (Å²) in [4.78, 5) is 51.0. The number of para-hydroxylation sites is 1. The molecular formula is C38H41F3N6O4. The first-order valence-electron chi connectivity index (χ1n) is 16.6. The molecule has 3 N–H and O–H groups in total. The fraction of sp³-hybridized carbons (Fsp3) is 0.316. The summed E-state index contributed by atoms with van der Waals surface area (Å²) in [5, 5.41) is 2.72. The van der Waals surface area contributed by atoms with Gasteiger partial charge in [-0.05, 0) is 48.4 Å². The van der Waals surface area contributed by atoms with Crippen LogP contribution in [0.25, 0.3) is 0 Å². The van der Waals surface area contributed by atoms with E-state index in [-0.39, 0.29) is 30.4 Å². The van der Waals surface area contributed by atoms with Crippen molar-refractivity contribution in [3.8, 4) is 0 Å². The third kappa shape index (κ3) is 8.73. The van der Waals surface area contributed by atoms with Crippen molar-refractivity contribution in [2.24, 2.45) is 10.7 Å². The van der Waals surface area contributed by atoms with Crippen molar-refractivity contribution in [1.29, 1.82) is 0 Å². The van der Waals surface area contributed by atoms with E-state index in [2.05, 4.69) is 16.8 Å². The molecule has 3 aromatic rings. The highest BCUT2D eigenvalue weighted by Crippen LogP contribution is 2.37. The molecular weight excluding hydrogens is 661 g/mol. The molecule has 2 aliphatic rings. The Labute approximate surface area is 295 Å². The number of alkyl halides is 3. The second kappa shape index (κ2) is 16.2. The van der Waals surface area contributed by atoms with E-state index in [1.165, 1.54) is 17.2 Å². The van der Waals surface area contributed by atoms with Gasteiger partial charge in [0.1, 0.15) is 11.9 Å². The second-order valence-corrected chi connectivity index (χ2v) is 12.4. The van der Waals surface area contributed by atoms with Crippen LogP contribution in [0, 0.1) is 0 Å². The van der Waals surface area contributed by atoms with Crippen molar-refractivity contribution in [2.75, 3.05) is 46.4 Å². The SMILES string of the molecule is C=C(CN1CCOCC1)C(=O)N(C)Cc1cccc([C@@H]2/C(=C/N)C(=Nc3ccccc3)N(CC)C(=O)[C@H]2NC(=O)c2cccc(C(F)(F)F)c2)c1. The van der Waals surface area contributed by atoms with Crippen LogP contribution in [0.3, 0.4) is 0 Å². The van der Waals surface area contributed by atoms with Gasteiger partial charge >= 0.3 is 6.18 Å². The van der Waals surface area contributed by atoms with Crippen LogP contribution < -0.4 is 11.1 Å². The van der Waals surface area contributed by atoms with E-state index in [9.17, 15) is 27.6 Å². The number of rotatable bonds is 10. The smallest absolute Gasteiger partial charge is 0.404 e. The van der Waals surface area contributed by atoms with Crippen molar-refractivity contribution in [3.05, 3.63) is 125 Å². The van der Waals surface area contributed by atoms with Gasteiger partial charge in [-0.15, -0.1) is 0 Å². The summed E-state index contributed by atoms with van der Waals surface area (Å²) in [6.07, 6.45) is -3.33. The Bertz CT molecular complexity index is 1820. The molecule has 0 aromatic heterocycles. The predicted molar refractivity (Wildman–Crippen MR) is 188 cm³/mol. The number of aliphatic imine (C=N–C) groups is 1. The number of carbonyl (C=O) groups excluding carboxylic acids is 3. The maximum absolute atomic E-state index is 14.3. The van der Waals surface area contributed by atoms with Gasteiger partial charge in [-0.25, -0.2) is 4.99 Å². The number of hydrogen-bond acceptors (Lipinski definition) is 7. The standard InChI is InChI=1S/C38H41F3N6O4/c1-4-47-34(43-30-14-6-5-7-15-30)31(22-42)32(33(37(47)50)44-35(48)28-12-9-13-29(21-28)38(39,40)41)27-11-8-10-26(20-27)24-45(3)36(49)25(2)23-46-16-18-51-19-17-46/h5-15,20-22,32-33H,2,4,16-19,23-24,42H2,1,3H3,(H,44,48)/b31-22-,43-34?/t32-,33+/m1/s1. The van der Waals surface area contributed by atoms with Crippen LogP contribution in [0.15, 0.2) is 108 Å². The van der Waals surface area contributed by atoms with Crippen LogP contribution in [-0.4, -0.2) is 90.7 Å². The maximum Gasteiger partial charge on any atom is 0.416 e. The van der Waals surface area contributed by atoms with E-state index < -0.39 is 35.5 Å². The van der Waals surface area contributed by atoms with Crippen LogP contribution in [0.4, 0.5) is 18.9 Å². The molecule has 51 heavy (non-hydrogen) atoms. The number of halogens is 3. The number of benzene rings is 3. The third-order valence-corrected chi connectivity index (χ3v) is 8.84. The average Bonchev–Trinajstić information content (AvgIpc) is 3.13. The molecule has 3 aromatic carbocycles. The quantitative estimate of drug-likeness (QED) is 0.291. The van der Waals surface area contributed by atoms with Crippen LogP contribution in [0.2, 0.25) is 0 Å². The van der Waals surface area contributed by atoms with E-state index in [1.807, 2.05) is 18.2 Å². The Balaban J connectivity index is 1.50. The summed E-state index contributed by atoms with van der Waals surface area (Å²) in [5.74, 6) is -2.20. The first kappa shape index (κ1) is 37.0. The number of nitrogens with one attached hydrogen (secondary N) is 1. The van der Waals surface area contributed by atoms with Crippen LogP contribution in [0.5, 0.6) is 0 Å². The second-order valence-electron chi connectivity index (χ2n) is 12.4. The molecule has 2 atom stereocenters. The summed E-state index contributed by atoms with van der Waals surface area (Å²) >= 11 is 0. The fourth-order valence-corrected chi connectivity index (χ4v) is 6.30. The number of likely N-dealkylation sites (N-methyl/N-ethyl adjacent to an activating group) is 2. The lowest BCUT2D eigenvalue weighted by atomic mass is 9.79. The summed E-state index contributed by atoms with van der Waals surface area (Å²) < 4.78 is 45.9. The van der Waals surface area contributed by atoms with Crippen LogP contribution in [-0.2, 0) is 27.0 Å². The summed E-state index contributed by atoms with van der Waals surface area (Å²) in [6, 6.07) is 18.9. The lowest BCUT2D eigenvalue weighted by Gasteiger charge is -2.40. The van der Waals surface area contributed by atoms with Crippen LogP contribution in [0.1, 0.15) is 39.9 Å². The molecule has 0 bridgehead atoms. The Morgan fingerprint density at radius 1 is 1.06 bits per heavy atom. The number of amidine groups is 1. The van der Waals surface area contributed by atoms with Crippen molar-refractivity contribution < 1.29 is 32.3 Å². The zero-order valence-electron chi connectivity index (χ0n) is 28.5. The Hall–Kier alpha value is -5.27. The normalized spacial score (nSPS) is 20.0. The average molecular weight is 703 g/mol. The molecule has 2 saturated heterocycles. The monoisotopic (exact) mass is 702 g/mol. The number of amides is 3. The van der Waals surface area contributed by atoms with Crippen molar-refractivity contribution in [1.82, 2.24) is 20.0 Å². The summed E-state index contributed by atoms with van der Waals surface area (Å²) in [7, 11) is 1.68. The molecule has 0 aliphatic carbocycles. The van der Waals surface area contributed by atoms with Gasteiger partial charge in [-0.3, -0.25) is 24.2 Å². The van der Waals surface area contributed by atoms with E-state index in [4.69, 9.17) is 15.5 Å². The van der Waals surface area contributed by atoms with Gasteiger partial charge < -0.3 is 20.7 Å². The van der Waals surface area contributed by atoms with Gasteiger partial charge in [0.15, 0.2) is 0 Å². The molecule has 0 saturated carbocycles. The minimum Gasteiger partial charge on any atom is -0.404 e. The van der Waals surface area contributed by atoms with Crippen molar-refractivity contribution in [2.45, 2.75) is 31.6 Å². The van der Waals surface area contributed by atoms with E-state index >= 15 is 0 Å². The lowest BCUT2D eigenvalue weighted by Crippen LogP contribution is -2.59. The molecule has 2 aliphatic heterocycles. The zero-order chi connectivity index (χ0) is 36.7. The summed E-state index contributed by atoms with van der Waals surface area (Å²) in [6.45, 7) is 9.20. The Morgan fingerprint density at radius 2 is 1.76 bits per heavy atom. The van der Waals surface area contributed by atoms with Gasteiger partial charge in [0.05, 0.1) is 24.5 Å². The molecule has 10 nitrogen and oxygen atoms in total. The first-order chi connectivity index (χ1) is 24.4. The highest BCUT2D eigenvalue weighted by atomic mass is 19.4. The third-order valence-electron chi connectivity index (χ3n) is 8.84. The predicted octanol–water partition coefficient (Wildman–Crippen LogP) is 4.87. The number of nitrogens with zero attached hydrogens (tertiary/aromatic N) is 4. The molecule has 0 unspecified atom stereocenters. The van der Waals surface area contributed by atoms with E-state index in [0.29, 0.717) is 55.2 Å². The number of morpholine rings is 1. The van der Waals surface area contributed by atoms with Gasteiger partial charge in [-0.2, -0.15) is 13.2 Å². The Kier molecular flexibility index (Phi) is 11.7. The molecule has 13 heteroatoms. The molecule has 2 heterocycles. The molecule has 0 radical (unpaired) electrons. The number of nitrogens with two attached hydrogens (primary N) is 1. The van der Waals surface area contributed by atoms with Gasteiger partial charge in [-0.1, -0.05) is 55.1 Å². The summed E-state index contributed by atoms with van der Waals surface area (Å²) in [5.41, 5.74) is 7.78. The molecule has 5 rings (SSSR count). The molecule has 0 spiro atoms. The molecule has 2 fully saturated rings. The number of piperidine rings is 1. The fourth-order valence-electron chi connectivity index (χ4n) is 6.30. The van der Waals surface area contributed by atoms with E-state index in [0.717, 1.165) is 23.8 Å². The van der Waals surface area contributed by atoms with Gasteiger partial charge in [0.2, 0.25) is 0 Å². The first-order valence-corrected chi connectivity index (χ1v) is 16.6. The number of carbonyl (C=O) groups is 3. The highest BCUT2D eigenvalue weighted by molar-refractivity contribution is 6.15. The number of likely N-dealkylation sites (tertiary alicyclic amines) is 1. The minimum atomic E-state index is -4.67. The van der Waals surface area contributed by atoms with Crippen LogP contribution >= 0.6 is 0 Å². The minimum absolute atomic E-state index is 0.172. The lowest BCUT2D eigenvalue weighted by molar-refractivity contribution is -0.137. The Morgan fingerprint density at radius 3 is 2.43 bits per heavy atom. The zero-order valence-corrected chi connectivity index (χ0v) is 28.5. The molecule has 3 amide bonds. The van der Waals surface area contributed by atoms with Gasteiger partial charge in [0.25, 0.3) is 17.7 Å². The van der Waals surface area contributed by atoms with Crippen molar-refractivity contribution >= 4 is 29.2 Å². The van der Waals surface area contributed by atoms with Crippen molar-refractivity contribution in [3.63, 3.8) is 0 Å². The van der Waals surface area contributed by atoms with E-state index in [1.54, 1.807) is 55.3 Å². The maximum atomic E-state index is 14.3. The molecule has 268 valence electrons.